The van der Waals surface area contributed by atoms with Crippen LogP contribution in [-0.2, 0) is 0 Å². The van der Waals surface area contributed by atoms with Gasteiger partial charge >= 0.3 is 0 Å². The maximum absolute atomic E-state index is 9.91. The Hall–Kier alpha value is -0.280. The lowest BCUT2D eigenvalue weighted by atomic mass is 10.0. The molecule has 0 heterocycles. The Morgan fingerprint density at radius 2 is 1.94 bits per heavy atom. The maximum atomic E-state index is 9.91. The zero-order chi connectivity index (χ0) is 12.1. The largest absolute Gasteiger partial charge is 0.390 e. The number of halogens is 2. The van der Waals surface area contributed by atoms with Crippen LogP contribution in [0.2, 0.25) is 10.0 Å². The van der Waals surface area contributed by atoms with Crippen molar-refractivity contribution in [3.05, 3.63) is 33.8 Å². The standard InChI is InChI=1S/C12H16Cl2O2/c1-2-3-4-11(15)12(16)9-6-5-8(13)7-10(9)14/h5-7,11-12,15-16H,2-4H2,1H3/t11-,12-/m1/s1. The Balaban J connectivity index is 2.75. The number of benzene rings is 1. The average Bonchev–Trinajstić information content (AvgIpc) is 2.25. The lowest BCUT2D eigenvalue weighted by molar-refractivity contribution is 0.0123. The molecule has 0 amide bonds. The molecular weight excluding hydrogens is 247 g/mol. The highest BCUT2D eigenvalue weighted by atomic mass is 35.5. The Morgan fingerprint density at radius 1 is 1.25 bits per heavy atom. The first-order valence-corrected chi connectivity index (χ1v) is 6.13. The first-order chi connectivity index (χ1) is 7.56. The molecule has 0 aromatic heterocycles. The number of rotatable bonds is 5. The Morgan fingerprint density at radius 3 is 2.50 bits per heavy atom. The van der Waals surface area contributed by atoms with Crippen molar-refractivity contribution in [2.75, 3.05) is 0 Å². The summed E-state index contributed by atoms with van der Waals surface area (Å²) < 4.78 is 0. The lowest BCUT2D eigenvalue weighted by Gasteiger charge is -2.19. The third-order valence-corrected chi connectivity index (χ3v) is 3.06. The van der Waals surface area contributed by atoms with Crippen molar-refractivity contribution in [1.82, 2.24) is 0 Å². The predicted octanol–water partition coefficient (Wildman–Crippen LogP) is 3.58. The summed E-state index contributed by atoms with van der Waals surface area (Å²) in [5.41, 5.74) is 0.523. The van der Waals surface area contributed by atoms with Gasteiger partial charge in [-0.1, -0.05) is 49.0 Å². The molecule has 0 bridgehead atoms. The third kappa shape index (κ3) is 3.63. The minimum absolute atomic E-state index is 0.385. The smallest absolute Gasteiger partial charge is 0.106 e. The molecular formula is C12H16Cl2O2. The molecule has 0 aliphatic rings. The zero-order valence-corrected chi connectivity index (χ0v) is 10.7. The fourth-order valence-corrected chi connectivity index (χ4v) is 2.04. The number of hydrogen-bond donors (Lipinski definition) is 2. The van der Waals surface area contributed by atoms with E-state index in [1.54, 1.807) is 18.2 Å². The lowest BCUT2D eigenvalue weighted by Crippen LogP contribution is -2.18. The molecule has 0 radical (unpaired) electrons. The summed E-state index contributed by atoms with van der Waals surface area (Å²) in [4.78, 5) is 0. The van der Waals surface area contributed by atoms with Gasteiger partial charge in [-0.3, -0.25) is 0 Å². The van der Waals surface area contributed by atoms with Crippen molar-refractivity contribution in [1.29, 1.82) is 0 Å². The number of hydrogen-bond acceptors (Lipinski definition) is 2. The molecule has 1 aromatic rings. The SMILES string of the molecule is CCCC[C@@H](O)[C@H](O)c1ccc(Cl)cc1Cl. The van der Waals surface area contributed by atoms with Gasteiger partial charge in [-0.05, 0) is 18.6 Å². The van der Waals surface area contributed by atoms with E-state index in [-0.39, 0.29) is 0 Å². The van der Waals surface area contributed by atoms with Crippen molar-refractivity contribution < 1.29 is 10.2 Å². The molecule has 90 valence electrons. The summed E-state index contributed by atoms with van der Waals surface area (Å²) in [6.07, 6.45) is 0.702. The number of aliphatic hydroxyl groups excluding tert-OH is 2. The van der Waals surface area contributed by atoms with Gasteiger partial charge in [0.15, 0.2) is 0 Å². The highest BCUT2D eigenvalue weighted by molar-refractivity contribution is 6.35. The van der Waals surface area contributed by atoms with Crippen LogP contribution >= 0.6 is 23.2 Å². The Kier molecular flexibility index (Phi) is 5.56. The zero-order valence-electron chi connectivity index (χ0n) is 9.16. The minimum Gasteiger partial charge on any atom is -0.390 e. The van der Waals surface area contributed by atoms with E-state index in [0.717, 1.165) is 12.8 Å². The fraction of sp³-hybridized carbons (Fsp3) is 0.500. The van der Waals surface area contributed by atoms with E-state index in [4.69, 9.17) is 23.2 Å². The van der Waals surface area contributed by atoms with Crippen LogP contribution in [0, 0.1) is 0 Å². The van der Waals surface area contributed by atoms with E-state index in [0.29, 0.717) is 22.0 Å². The predicted molar refractivity (Wildman–Crippen MR) is 67.0 cm³/mol. The first kappa shape index (κ1) is 13.8. The topological polar surface area (TPSA) is 40.5 Å². The monoisotopic (exact) mass is 262 g/mol. The van der Waals surface area contributed by atoms with E-state index >= 15 is 0 Å². The molecule has 4 heteroatoms. The van der Waals surface area contributed by atoms with E-state index in [1.165, 1.54) is 0 Å². The molecule has 1 aromatic carbocycles. The van der Waals surface area contributed by atoms with Crippen molar-refractivity contribution in [3.63, 3.8) is 0 Å². The molecule has 0 unspecified atom stereocenters. The summed E-state index contributed by atoms with van der Waals surface area (Å²) >= 11 is 11.7. The molecule has 16 heavy (non-hydrogen) atoms. The first-order valence-electron chi connectivity index (χ1n) is 5.37. The van der Waals surface area contributed by atoms with E-state index in [1.807, 2.05) is 6.92 Å². The molecule has 0 saturated carbocycles. The Labute approximate surface area is 106 Å². The highest BCUT2D eigenvalue weighted by Gasteiger charge is 2.20. The summed E-state index contributed by atoms with van der Waals surface area (Å²) in [6.45, 7) is 2.04. The van der Waals surface area contributed by atoms with Crippen molar-refractivity contribution in [2.24, 2.45) is 0 Å². The summed E-state index contributed by atoms with van der Waals surface area (Å²) in [5.74, 6) is 0. The quantitative estimate of drug-likeness (QED) is 0.852. The molecule has 2 nitrogen and oxygen atoms in total. The van der Waals surface area contributed by atoms with Crippen LogP contribution < -0.4 is 0 Å². The van der Waals surface area contributed by atoms with Gasteiger partial charge in [0, 0.05) is 15.6 Å². The summed E-state index contributed by atoms with van der Waals surface area (Å²) in [7, 11) is 0. The normalized spacial score (nSPS) is 14.8. The van der Waals surface area contributed by atoms with Gasteiger partial charge in [0.25, 0.3) is 0 Å². The molecule has 2 N–H and O–H groups in total. The van der Waals surface area contributed by atoms with Crippen molar-refractivity contribution >= 4 is 23.2 Å². The Bertz CT molecular complexity index is 342. The van der Waals surface area contributed by atoms with Gasteiger partial charge in [0.2, 0.25) is 0 Å². The van der Waals surface area contributed by atoms with Gasteiger partial charge in [-0.2, -0.15) is 0 Å². The second kappa shape index (κ2) is 6.45. The fourth-order valence-electron chi connectivity index (χ4n) is 1.52. The van der Waals surface area contributed by atoms with Crippen molar-refractivity contribution in [3.8, 4) is 0 Å². The van der Waals surface area contributed by atoms with Crippen LogP contribution in [0.5, 0.6) is 0 Å². The maximum Gasteiger partial charge on any atom is 0.106 e. The van der Waals surface area contributed by atoms with Gasteiger partial charge in [0.05, 0.1) is 6.10 Å². The van der Waals surface area contributed by atoms with Gasteiger partial charge < -0.3 is 10.2 Å². The molecule has 1 rings (SSSR count). The second-order valence-electron chi connectivity index (χ2n) is 3.82. The summed E-state index contributed by atoms with van der Waals surface area (Å²) in [6, 6.07) is 4.86. The second-order valence-corrected chi connectivity index (χ2v) is 4.66. The van der Waals surface area contributed by atoms with Crippen LogP contribution in [0.3, 0.4) is 0 Å². The molecule has 0 aliphatic heterocycles. The molecule has 0 saturated heterocycles. The van der Waals surface area contributed by atoms with Crippen LogP contribution in [0.15, 0.2) is 18.2 Å². The van der Waals surface area contributed by atoms with Crippen molar-refractivity contribution in [2.45, 2.75) is 38.4 Å². The van der Waals surface area contributed by atoms with Gasteiger partial charge in [-0.25, -0.2) is 0 Å². The van der Waals surface area contributed by atoms with E-state index < -0.39 is 12.2 Å². The highest BCUT2D eigenvalue weighted by Crippen LogP contribution is 2.29. The van der Waals surface area contributed by atoms with Crippen LogP contribution in [0.1, 0.15) is 37.9 Å². The average molecular weight is 263 g/mol. The molecule has 2 atom stereocenters. The number of aliphatic hydroxyl groups is 2. The van der Waals surface area contributed by atoms with Gasteiger partial charge in [-0.15, -0.1) is 0 Å². The van der Waals surface area contributed by atoms with Crippen LogP contribution in [0.25, 0.3) is 0 Å². The van der Waals surface area contributed by atoms with E-state index in [9.17, 15) is 10.2 Å². The molecule has 0 fully saturated rings. The van der Waals surface area contributed by atoms with Crippen LogP contribution in [-0.4, -0.2) is 16.3 Å². The molecule has 0 spiro atoms. The van der Waals surface area contributed by atoms with Crippen LogP contribution in [0.4, 0.5) is 0 Å². The van der Waals surface area contributed by atoms with Gasteiger partial charge in [0.1, 0.15) is 6.10 Å². The molecule has 0 aliphatic carbocycles. The van der Waals surface area contributed by atoms with E-state index in [2.05, 4.69) is 0 Å². The third-order valence-electron chi connectivity index (χ3n) is 2.50. The summed E-state index contributed by atoms with van der Waals surface area (Å²) in [5, 5.41) is 20.6. The number of unbranched alkanes of at least 4 members (excludes halogenated alkanes) is 1. The minimum atomic E-state index is -0.948.